The van der Waals surface area contributed by atoms with Gasteiger partial charge in [0.15, 0.2) is 0 Å². The molecule has 0 radical (unpaired) electrons. The minimum Gasteiger partial charge on any atom is -0.368 e. The summed E-state index contributed by atoms with van der Waals surface area (Å²) in [6.45, 7) is 3.17. The first kappa shape index (κ1) is 15.1. The Morgan fingerprint density at radius 1 is 0.808 bits per heavy atom. The molecule has 2 aliphatic heterocycles. The summed E-state index contributed by atoms with van der Waals surface area (Å²) in [6, 6.07) is 13.6. The maximum atomic E-state index is 14.5. The van der Waals surface area contributed by atoms with E-state index < -0.39 is 0 Å². The van der Waals surface area contributed by atoms with Crippen molar-refractivity contribution in [2.45, 2.75) is 0 Å². The zero-order chi connectivity index (χ0) is 17.5. The van der Waals surface area contributed by atoms with Crippen LogP contribution in [-0.4, -0.2) is 42.8 Å². The molecule has 0 bridgehead atoms. The van der Waals surface area contributed by atoms with E-state index in [0.29, 0.717) is 17.9 Å². The number of benzene rings is 2. The number of H-pyrrole nitrogens is 1. The summed E-state index contributed by atoms with van der Waals surface area (Å²) in [4.78, 5) is 12.2. The maximum absolute atomic E-state index is 14.5. The van der Waals surface area contributed by atoms with Crippen molar-refractivity contribution in [2.75, 3.05) is 26.2 Å². The quantitative estimate of drug-likeness (QED) is 0.682. The van der Waals surface area contributed by atoms with Crippen molar-refractivity contribution in [3.8, 4) is 11.3 Å². The van der Waals surface area contributed by atoms with Crippen LogP contribution >= 0.6 is 0 Å². The number of aliphatic imine (C=N–C) groups is 2. The van der Waals surface area contributed by atoms with Crippen LogP contribution in [0.25, 0.3) is 22.2 Å². The molecule has 130 valence electrons. The van der Waals surface area contributed by atoms with E-state index in [1.165, 1.54) is 0 Å². The Labute approximate surface area is 150 Å². The summed E-state index contributed by atoms with van der Waals surface area (Å²) in [5, 5.41) is 7.26. The molecule has 6 heteroatoms. The highest BCUT2D eigenvalue weighted by Crippen LogP contribution is 2.27. The minimum atomic E-state index is -0.253. The molecule has 3 aromatic rings. The van der Waals surface area contributed by atoms with Gasteiger partial charge in [0.2, 0.25) is 0 Å². The first-order chi connectivity index (χ1) is 12.8. The third-order valence-electron chi connectivity index (χ3n) is 4.78. The lowest BCUT2D eigenvalue weighted by Gasteiger charge is -2.04. The Balaban J connectivity index is 1.51. The molecule has 0 aliphatic carbocycles. The highest BCUT2D eigenvalue weighted by Gasteiger charge is 2.15. The van der Waals surface area contributed by atoms with Crippen LogP contribution in [-0.2, 0) is 0 Å². The Hall–Kier alpha value is -3.15. The van der Waals surface area contributed by atoms with E-state index in [0.717, 1.165) is 53.2 Å². The highest BCUT2D eigenvalue weighted by atomic mass is 19.1. The molecule has 0 amide bonds. The molecule has 0 spiro atoms. The van der Waals surface area contributed by atoms with Gasteiger partial charge >= 0.3 is 0 Å². The summed E-state index contributed by atoms with van der Waals surface area (Å²) >= 11 is 0. The number of rotatable bonds is 3. The summed E-state index contributed by atoms with van der Waals surface area (Å²) in [7, 11) is 0. The fourth-order valence-electron chi connectivity index (χ4n) is 3.47. The molecule has 0 saturated carbocycles. The molecule has 2 aromatic carbocycles. The summed E-state index contributed by atoms with van der Waals surface area (Å²) in [5.41, 5.74) is 4.52. The molecular weight excluding hydrogens is 329 g/mol. The number of aromatic nitrogens is 1. The van der Waals surface area contributed by atoms with E-state index in [1.54, 1.807) is 6.07 Å². The van der Waals surface area contributed by atoms with Crippen LogP contribution in [0.2, 0.25) is 0 Å². The van der Waals surface area contributed by atoms with Gasteiger partial charge in [0.25, 0.3) is 0 Å². The lowest BCUT2D eigenvalue weighted by atomic mass is 10.1. The largest absolute Gasteiger partial charge is 0.368 e. The number of fused-ring (bicyclic) bond motifs is 1. The van der Waals surface area contributed by atoms with Crippen molar-refractivity contribution in [3.63, 3.8) is 0 Å². The van der Waals surface area contributed by atoms with E-state index in [2.05, 4.69) is 49.9 Å². The third-order valence-corrected chi connectivity index (χ3v) is 4.78. The molecule has 5 nitrogen and oxygen atoms in total. The molecule has 0 saturated heterocycles. The fraction of sp³-hybridized carbons (Fsp3) is 0.200. The minimum absolute atomic E-state index is 0.253. The second-order valence-corrected chi connectivity index (χ2v) is 6.49. The van der Waals surface area contributed by atoms with E-state index in [1.807, 2.05) is 12.1 Å². The summed E-state index contributed by atoms with van der Waals surface area (Å²) in [5.74, 6) is 1.33. The van der Waals surface area contributed by atoms with E-state index in [9.17, 15) is 4.39 Å². The predicted molar refractivity (Wildman–Crippen MR) is 103 cm³/mol. The van der Waals surface area contributed by atoms with Gasteiger partial charge in [-0.3, -0.25) is 9.98 Å². The molecule has 3 heterocycles. The van der Waals surface area contributed by atoms with Gasteiger partial charge in [-0.05, 0) is 23.8 Å². The topological polar surface area (TPSA) is 64.6 Å². The van der Waals surface area contributed by atoms with Gasteiger partial charge in [0, 0.05) is 35.2 Å². The molecule has 0 atom stereocenters. The van der Waals surface area contributed by atoms with Gasteiger partial charge in [-0.2, -0.15) is 0 Å². The molecule has 0 unspecified atom stereocenters. The van der Waals surface area contributed by atoms with Crippen LogP contribution in [0.4, 0.5) is 4.39 Å². The number of nitrogens with one attached hydrogen (secondary N) is 3. The Kier molecular flexibility index (Phi) is 3.48. The van der Waals surface area contributed by atoms with Crippen molar-refractivity contribution in [1.29, 1.82) is 0 Å². The molecular formula is C20H18FN5. The average molecular weight is 347 g/mol. The first-order valence-corrected chi connectivity index (χ1v) is 8.78. The smallest absolute Gasteiger partial charge is 0.134 e. The zero-order valence-corrected chi connectivity index (χ0v) is 14.1. The average Bonchev–Trinajstić information content (AvgIpc) is 3.41. The van der Waals surface area contributed by atoms with Crippen LogP contribution in [0.1, 0.15) is 11.1 Å². The molecule has 5 rings (SSSR count). The Morgan fingerprint density at radius 2 is 1.50 bits per heavy atom. The van der Waals surface area contributed by atoms with Crippen LogP contribution in [0.15, 0.2) is 52.4 Å². The molecule has 0 fully saturated rings. The summed E-state index contributed by atoms with van der Waals surface area (Å²) < 4.78 is 14.5. The van der Waals surface area contributed by atoms with Crippen molar-refractivity contribution >= 4 is 22.6 Å². The van der Waals surface area contributed by atoms with Gasteiger partial charge in [-0.25, -0.2) is 4.39 Å². The number of halogens is 1. The number of hydrogen-bond acceptors (Lipinski definition) is 4. The monoisotopic (exact) mass is 347 g/mol. The van der Waals surface area contributed by atoms with E-state index >= 15 is 0 Å². The summed E-state index contributed by atoms with van der Waals surface area (Å²) in [6.07, 6.45) is 0. The van der Waals surface area contributed by atoms with Crippen molar-refractivity contribution in [3.05, 3.63) is 59.4 Å². The molecule has 3 N–H and O–H groups in total. The highest BCUT2D eigenvalue weighted by molar-refractivity contribution is 6.03. The number of aromatic amines is 1. The first-order valence-electron chi connectivity index (χ1n) is 8.78. The normalized spacial score (nSPS) is 16.3. The van der Waals surface area contributed by atoms with E-state index in [4.69, 9.17) is 0 Å². The molecule has 1 aromatic heterocycles. The van der Waals surface area contributed by atoms with Gasteiger partial charge in [0.05, 0.1) is 18.7 Å². The predicted octanol–water partition coefficient (Wildman–Crippen LogP) is 2.67. The van der Waals surface area contributed by atoms with E-state index in [-0.39, 0.29) is 5.82 Å². The van der Waals surface area contributed by atoms with Gasteiger partial charge in [0.1, 0.15) is 17.5 Å². The van der Waals surface area contributed by atoms with Gasteiger partial charge in [-0.15, -0.1) is 0 Å². The lowest BCUT2D eigenvalue weighted by Crippen LogP contribution is -2.20. The fourth-order valence-corrected chi connectivity index (χ4v) is 3.47. The Bertz CT molecular complexity index is 1050. The zero-order valence-electron chi connectivity index (χ0n) is 14.1. The van der Waals surface area contributed by atoms with Crippen molar-refractivity contribution < 1.29 is 4.39 Å². The Morgan fingerprint density at radius 3 is 2.19 bits per heavy atom. The van der Waals surface area contributed by atoms with Crippen LogP contribution in [0.5, 0.6) is 0 Å². The second kappa shape index (κ2) is 5.98. The van der Waals surface area contributed by atoms with Crippen LogP contribution in [0.3, 0.4) is 0 Å². The maximum Gasteiger partial charge on any atom is 0.134 e. The number of hydrogen-bond donors (Lipinski definition) is 3. The van der Waals surface area contributed by atoms with Gasteiger partial charge in [-0.1, -0.05) is 24.3 Å². The van der Waals surface area contributed by atoms with Crippen molar-refractivity contribution in [2.24, 2.45) is 9.98 Å². The van der Waals surface area contributed by atoms with Crippen LogP contribution in [0, 0.1) is 5.82 Å². The third kappa shape index (κ3) is 2.54. The van der Waals surface area contributed by atoms with Gasteiger partial charge < -0.3 is 15.6 Å². The molecule has 2 aliphatic rings. The molecule has 26 heavy (non-hydrogen) atoms. The van der Waals surface area contributed by atoms with Crippen LogP contribution < -0.4 is 10.6 Å². The number of amidine groups is 2. The second-order valence-electron chi connectivity index (χ2n) is 6.49. The lowest BCUT2D eigenvalue weighted by molar-refractivity contribution is 0.626. The number of nitrogens with zero attached hydrogens (tertiary/aromatic N) is 2. The SMILES string of the molecule is Fc1cc2cc(-c3ccc(C4=NCCN4)cc3)[nH]c2cc1C1=NCCN1. The standard InChI is InChI=1S/C20H18FN5/c21-16-9-14-10-17(26-18(14)11-15(16)20-24-7-8-25-20)12-1-3-13(4-2-12)19-22-5-6-23-19/h1-4,9-11,26H,5-8H2,(H,22,23)(H,24,25). The van der Waals surface area contributed by atoms with Crippen molar-refractivity contribution in [1.82, 2.24) is 15.6 Å².